The number of hydrogen-bond acceptors (Lipinski definition) is 5. The number of anilines is 2. The number of methoxy groups -OCH3 is 1. The van der Waals surface area contributed by atoms with Crippen molar-refractivity contribution in [3.8, 4) is 22.6 Å². The summed E-state index contributed by atoms with van der Waals surface area (Å²) < 4.78 is 11.7. The number of rotatable bonds is 7. The summed E-state index contributed by atoms with van der Waals surface area (Å²) in [5, 5.41) is 11.2. The summed E-state index contributed by atoms with van der Waals surface area (Å²) in [6.45, 7) is 0. The van der Waals surface area contributed by atoms with Crippen molar-refractivity contribution in [2.24, 2.45) is 0 Å². The molecule has 3 N–H and O–H groups in total. The van der Waals surface area contributed by atoms with E-state index >= 15 is 0 Å². The molecule has 0 unspecified atom stereocenters. The number of aromatic nitrogens is 1. The second-order valence-corrected chi connectivity index (χ2v) is 7.36. The quantitative estimate of drug-likeness (QED) is 0.478. The van der Waals surface area contributed by atoms with Crippen molar-refractivity contribution in [1.29, 1.82) is 5.41 Å². The molecule has 1 aliphatic rings. The highest BCUT2D eigenvalue weighted by molar-refractivity contribution is 5.95. The number of benzene rings is 2. The van der Waals surface area contributed by atoms with Crippen LogP contribution in [0.4, 0.5) is 11.5 Å². The highest BCUT2D eigenvalue weighted by atomic mass is 16.5. The van der Waals surface area contributed by atoms with Crippen LogP contribution in [0.1, 0.15) is 31.2 Å². The molecule has 1 aromatic heterocycles. The molecular formula is C24H25N3O3. The van der Waals surface area contributed by atoms with Crippen LogP contribution < -0.4 is 20.3 Å². The SMILES string of the molecule is COc1ccc(-c2cc(=O)[nH]c(Nc3ccccc3)c2C=N)cc1OC1CCCC1. The second kappa shape index (κ2) is 8.86. The first-order chi connectivity index (χ1) is 14.7. The average molecular weight is 403 g/mol. The molecule has 0 aliphatic heterocycles. The molecule has 0 amide bonds. The number of ether oxygens (including phenoxy) is 2. The molecule has 0 atom stereocenters. The molecule has 0 spiro atoms. The molecule has 1 aliphatic carbocycles. The maximum atomic E-state index is 12.4. The first kappa shape index (κ1) is 19.8. The fourth-order valence-electron chi connectivity index (χ4n) is 3.85. The predicted octanol–water partition coefficient (Wildman–Crippen LogP) is 5.11. The van der Waals surface area contributed by atoms with Crippen molar-refractivity contribution in [2.45, 2.75) is 31.8 Å². The zero-order valence-electron chi connectivity index (χ0n) is 16.9. The van der Waals surface area contributed by atoms with Gasteiger partial charge in [0.1, 0.15) is 5.82 Å². The van der Waals surface area contributed by atoms with Gasteiger partial charge in [0.2, 0.25) is 5.56 Å². The first-order valence-electron chi connectivity index (χ1n) is 10.1. The van der Waals surface area contributed by atoms with Crippen LogP contribution in [0.25, 0.3) is 11.1 Å². The van der Waals surface area contributed by atoms with Crippen LogP contribution in [0.5, 0.6) is 11.5 Å². The van der Waals surface area contributed by atoms with E-state index in [9.17, 15) is 4.79 Å². The van der Waals surface area contributed by atoms with Crippen molar-refractivity contribution in [1.82, 2.24) is 4.98 Å². The minimum Gasteiger partial charge on any atom is -0.493 e. The van der Waals surface area contributed by atoms with Gasteiger partial charge in [0.05, 0.1) is 13.2 Å². The Morgan fingerprint density at radius 2 is 1.83 bits per heavy atom. The Balaban J connectivity index is 1.75. The summed E-state index contributed by atoms with van der Waals surface area (Å²) in [7, 11) is 1.62. The van der Waals surface area contributed by atoms with E-state index in [-0.39, 0.29) is 11.7 Å². The first-order valence-corrected chi connectivity index (χ1v) is 10.1. The number of aromatic amines is 1. The smallest absolute Gasteiger partial charge is 0.250 e. The van der Waals surface area contributed by atoms with Crippen LogP contribution >= 0.6 is 0 Å². The highest BCUT2D eigenvalue weighted by Crippen LogP contribution is 2.36. The van der Waals surface area contributed by atoms with E-state index in [1.165, 1.54) is 25.1 Å². The standard InChI is InChI=1S/C24H25N3O3/c1-29-21-12-11-16(13-22(21)30-18-9-5-6-10-18)19-14-23(28)27-24(20(19)15-25)26-17-7-3-2-4-8-17/h2-4,7-8,11-15,18,25H,5-6,9-10H2,1H3,(H2,26,27,28). The Morgan fingerprint density at radius 1 is 1.07 bits per heavy atom. The number of para-hydroxylation sites is 1. The summed E-state index contributed by atoms with van der Waals surface area (Å²) in [5.41, 5.74) is 2.63. The fraction of sp³-hybridized carbons (Fsp3) is 0.250. The number of nitrogens with one attached hydrogen (secondary N) is 3. The lowest BCUT2D eigenvalue weighted by molar-refractivity contribution is 0.201. The summed E-state index contributed by atoms with van der Waals surface area (Å²) >= 11 is 0. The fourth-order valence-corrected chi connectivity index (χ4v) is 3.85. The van der Waals surface area contributed by atoms with E-state index in [1.807, 2.05) is 48.5 Å². The lowest BCUT2D eigenvalue weighted by atomic mass is 10.0. The van der Waals surface area contributed by atoms with Gasteiger partial charge in [0.15, 0.2) is 11.5 Å². The molecule has 3 aromatic rings. The highest BCUT2D eigenvalue weighted by Gasteiger charge is 2.20. The maximum Gasteiger partial charge on any atom is 0.250 e. The van der Waals surface area contributed by atoms with Gasteiger partial charge in [-0.15, -0.1) is 0 Å². The zero-order chi connectivity index (χ0) is 20.9. The molecule has 0 saturated heterocycles. The van der Waals surface area contributed by atoms with Crippen molar-refractivity contribution < 1.29 is 9.47 Å². The maximum absolute atomic E-state index is 12.4. The summed E-state index contributed by atoms with van der Waals surface area (Å²) in [6.07, 6.45) is 5.86. The Kier molecular flexibility index (Phi) is 5.84. The topological polar surface area (TPSA) is 87.2 Å². The van der Waals surface area contributed by atoms with Gasteiger partial charge < -0.3 is 25.2 Å². The van der Waals surface area contributed by atoms with E-state index in [1.54, 1.807) is 7.11 Å². The molecule has 0 radical (unpaired) electrons. The molecule has 1 fully saturated rings. The Labute approximate surface area is 175 Å². The van der Waals surface area contributed by atoms with Crippen molar-refractivity contribution in [2.75, 3.05) is 12.4 Å². The molecule has 1 saturated carbocycles. The van der Waals surface area contributed by atoms with Gasteiger partial charge in [0.25, 0.3) is 0 Å². The zero-order valence-corrected chi connectivity index (χ0v) is 16.9. The van der Waals surface area contributed by atoms with Gasteiger partial charge >= 0.3 is 0 Å². The van der Waals surface area contributed by atoms with Crippen molar-refractivity contribution in [3.05, 3.63) is 70.5 Å². The van der Waals surface area contributed by atoms with Crippen molar-refractivity contribution >= 4 is 17.7 Å². The van der Waals surface area contributed by atoms with Gasteiger partial charge in [-0.1, -0.05) is 24.3 Å². The minimum atomic E-state index is -0.247. The molecule has 6 nitrogen and oxygen atoms in total. The Hall–Kier alpha value is -3.54. The average Bonchev–Trinajstić information content (AvgIpc) is 3.27. The summed E-state index contributed by atoms with van der Waals surface area (Å²) in [5.74, 6) is 1.80. The second-order valence-electron chi connectivity index (χ2n) is 7.36. The van der Waals surface area contributed by atoms with Crippen LogP contribution in [0.15, 0.2) is 59.4 Å². The molecule has 4 rings (SSSR count). The monoisotopic (exact) mass is 403 g/mol. The third-order valence-electron chi connectivity index (χ3n) is 5.34. The number of H-pyrrole nitrogens is 1. The summed E-state index contributed by atoms with van der Waals surface area (Å²) in [6, 6.07) is 16.7. The molecule has 1 heterocycles. The molecular weight excluding hydrogens is 378 g/mol. The van der Waals surface area contributed by atoms with Gasteiger partial charge in [-0.05, 0) is 61.1 Å². The third-order valence-corrected chi connectivity index (χ3v) is 5.34. The Bertz CT molecular complexity index is 1090. The lowest BCUT2D eigenvalue weighted by Gasteiger charge is -2.18. The molecule has 6 heteroatoms. The largest absolute Gasteiger partial charge is 0.493 e. The van der Waals surface area contributed by atoms with Gasteiger partial charge in [0, 0.05) is 23.5 Å². The van der Waals surface area contributed by atoms with E-state index < -0.39 is 0 Å². The van der Waals surface area contributed by atoms with E-state index in [2.05, 4.69) is 10.3 Å². The normalized spacial score (nSPS) is 13.8. The van der Waals surface area contributed by atoms with Gasteiger partial charge in [-0.2, -0.15) is 0 Å². The minimum absolute atomic E-state index is 0.186. The van der Waals surface area contributed by atoms with Crippen LogP contribution in [0.2, 0.25) is 0 Å². The van der Waals surface area contributed by atoms with Crippen LogP contribution in [-0.4, -0.2) is 24.4 Å². The van der Waals surface area contributed by atoms with Crippen LogP contribution in [0.3, 0.4) is 0 Å². The number of hydrogen-bond donors (Lipinski definition) is 3. The van der Waals surface area contributed by atoms with E-state index in [0.717, 1.165) is 24.1 Å². The van der Waals surface area contributed by atoms with Gasteiger partial charge in [-0.3, -0.25) is 4.79 Å². The lowest BCUT2D eigenvalue weighted by Crippen LogP contribution is -2.13. The van der Waals surface area contributed by atoms with Crippen LogP contribution in [-0.2, 0) is 0 Å². The van der Waals surface area contributed by atoms with E-state index in [0.29, 0.717) is 28.4 Å². The van der Waals surface area contributed by atoms with Gasteiger partial charge in [-0.25, -0.2) is 0 Å². The third kappa shape index (κ3) is 4.22. The predicted molar refractivity (Wildman–Crippen MR) is 120 cm³/mol. The van der Waals surface area contributed by atoms with Crippen molar-refractivity contribution in [3.63, 3.8) is 0 Å². The number of pyridine rings is 1. The van der Waals surface area contributed by atoms with Crippen LogP contribution in [0, 0.1) is 5.41 Å². The Morgan fingerprint density at radius 3 is 2.53 bits per heavy atom. The molecule has 0 bridgehead atoms. The molecule has 2 aromatic carbocycles. The summed E-state index contributed by atoms with van der Waals surface area (Å²) in [4.78, 5) is 15.2. The molecule has 154 valence electrons. The van der Waals surface area contributed by atoms with E-state index in [4.69, 9.17) is 14.9 Å². The molecule has 30 heavy (non-hydrogen) atoms.